The first-order chi connectivity index (χ1) is 31.7. The molecule has 1 aromatic heterocycles. The maximum atomic E-state index is 5.59. The van der Waals surface area contributed by atoms with Crippen molar-refractivity contribution in [2.45, 2.75) is 72.6 Å². The summed E-state index contributed by atoms with van der Waals surface area (Å²) in [5.41, 5.74) is 16.6. The van der Waals surface area contributed by atoms with Gasteiger partial charge < -0.3 is 9.88 Å². The Morgan fingerprint density at radius 1 is 0.656 bits per heavy atom. The van der Waals surface area contributed by atoms with Crippen LogP contribution in [0.3, 0.4) is 0 Å². The second-order valence-corrected chi connectivity index (χ2v) is 20.2. The van der Waals surface area contributed by atoms with Crippen molar-refractivity contribution in [3.63, 3.8) is 0 Å². The number of thioether (sulfide) groups is 1. The van der Waals surface area contributed by atoms with Gasteiger partial charge in [0.25, 0.3) is 0 Å². The molecule has 6 aliphatic carbocycles. The van der Waals surface area contributed by atoms with Gasteiger partial charge in [0.2, 0.25) is 0 Å². The number of amidine groups is 1. The highest BCUT2D eigenvalue weighted by molar-refractivity contribution is 8.00. The molecule has 4 heteroatoms. The number of para-hydroxylation sites is 1. The standard InChI is InChI=1S/C60H49N3S/c1-2-11-44-43(10-1)48-16-9-15-47-42(30-31-49(44)58(47)48)36-20-22-37(23-21-36)59-50-14-3-6-17-53(50)61-60(62-59)38-24-28-41(29-25-38)63-54-18-7-4-12-45(54)51-34-39(26-32-55(51)63)40-27-33-57-52(35-40)46-13-5-8-19-56(46)64-57/h1-2,4-5,7-24,26-28,32-35,38,41,43-44,52,57,59H,3,6,25,29-31H2,(H,61,62). The Labute approximate surface area is 379 Å². The smallest absolute Gasteiger partial charge is 0.109 e. The lowest BCUT2D eigenvalue weighted by molar-refractivity contribution is 0.505. The van der Waals surface area contributed by atoms with Gasteiger partial charge in [-0.25, -0.2) is 0 Å². The first-order valence-electron chi connectivity index (χ1n) is 23.6. The lowest BCUT2D eigenvalue weighted by Gasteiger charge is -2.34. The van der Waals surface area contributed by atoms with E-state index in [1.807, 2.05) is 11.8 Å². The highest BCUT2D eigenvalue weighted by Crippen LogP contribution is 2.50. The lowest BCUT2D eigenvalue weighted by atomic mass is 9.82. The van der Waals surface area contributed by atoms with E-state index in [-0.39, 0.29) is 18.0 Å². The minimum atomic E-state index is -0.00403. The molecular formula is C60H49N3S. The van der Waals surface area contributed by atoms with Gasteiger partial charge in [-0.1, -0.05) is 157 Å². The van der Waals surface area contributed by atoms with E-state index in [1.165, 1.54) is 87.4 Å². The molecule has 3 nitrogen and oxygen atoms in total. The molecule has 0 spiro atoms. The van der Waals surface area contributed by atoms with Crippen molar-refractivity contribution in [2.75, 3.05) is 0 Å². The van der Waals surface area contributed by atoms with Crippen LogP contribution in [0.25, 0.3) is 38.5 Å². The number of rotatable bonds is 5. The molecule has 6 aromatic rings. The van der Waals surface area contributed by atoms with Gasteiger partial charge in [0, 0.05) is 66.9 Å². The van der Waals surface area contributed by atoms with Gasteiger partial charge in [-0.3, -0.25) is 4.99 Å². The predicted molar refractivity (Wildman–Crippen MR) is 267 cm³/mol. The van der Waals surface area contributed by atoms with Crippen LogP contribution in [0, 0.1) is 11.8 Å². The second-order valence-electron chi connectivity index (χ2n) is 19.0. The van der Waals surface area contributed by atoms with E-state index >= 15 is 0 Å². The maximum Gasteiger partial charge on any atom is 0.109 e. The number of nitrogens with zero attached hydrogens (tertiary/aromatic N) is 2. The van der Waals surface area contributed by atoms with Gasteiger partial charge in [0.05, 0.1) is 6.04 Å². The van der Waals surface area contributed by atoms with E-state index in [4.69, 9.17) is 4.99 Å². The van der Waals surface area contributed by atoms with Crippen molar-refractivity contribution in [3.05, 3.63) is 226 Å². The summed E-state index contributed by atoms with van der Waals surface area (Å²) in [6, 6.07) is 41.9. The van der Waals surface area contributed by atoms with Crippen LogP contribution in [0.2, 0.25) is 0 Å². The number of hydrogen-bond donors (Lipinski definition) is 1. The number of benzene rings is 5. The van der Waals surface area contributed by atoms with E-state index in [9.17, 15) is 0 Å². The normalized spacial score (nSPS) is 27.0. The lowest BCUT2D eigenvalue weighted by Crippen LogP contribution is -2.37. The first-order valence-corrected chi connectivity index (χ1v) is 24.5. The van der Waals surface area contributed by atoms with Crippen molar-refractivity contribution in [3.8, 4) is 0 Å². The summed E-state index contributed by atoms with van der Waals surface area (Å²) in [4.78, 5) is 7.01. The summed E-state index contributed by atoms with van der Waals surface area (Å²) in [5, 5.41) is 9.98. The number of allylic oxidation sites excluding steroid dienone is 10. The summed E-state index contributed by atoms with van der Waals surface area (Å²) in [5.74, 6) is 2.79. The zero-order valence-electron chi connectivity index (χ0n) is 35.8. The number of fused-ring (bicyclic) bond motifs is 10. The molecule has 64 heavy (non-hydrogen) atoms. The van der Waals surface area contributed by atoms with E-state index in [0.717, 1.165) is 44.4 Å². The molecule has 14 rings (SSSR count). The Morgan fingerprint density at radius 2 is 1.48 bits per heavy atom. The predicted octanol–water partition coefficient (Wildman–Crippen LogP) is 12.8. The molecule has 7 atom stereocenters. The molecule has 0 saturated heterocycles. The van der Waals surface area contributed by atoms with Crippen LogP contribution < -0.4 is 15.8 Å². The van der Waals surface area contributed by atoms with Crippen molar-refractivity contribution in [1.82, 2.24) is 9.88 Å². The Morgan fingerprint density at radius 3 is 2.41 bits per heavy atom. The molecule has 0 radical (unpaired) electrons. The van der Waals surface area contributed by atoms with Crippen molar-refractivity contribution < 1.29 is 0 Å². The van der Waals surface area contributed by atoms with E-state index < -0.39 is 0 Å². The number of aliphatic imine (C=N–C) groups is 1. The summed E-state index contributed by atoms with van der Waals surface area (Å²) in [6.07, 6.45) is 32.8. The van der Waals surface area contributed by atoms with Gasteiger partial charge in [-0.2, -0.15) is 0 Å². The SMILES string of the molecule is C1=CC2C3=c4c(cccc4=C(c4ccc(C5N=C(C6C=CC(n7c8ccccc8c8cc(C9=CC%10c%11ccccc%11SC%10C=C9)ccc87)CC6)NC6=CCCC=C65)cc4)CC3)C2C=C1. The third kappa shape index (κ3) is 5.70. The molecular weight excluding hydrogens is 795 g/mol. The van der Waals surface area contributed by atoms with Gasteiger partial charge in [0.1, 0.15) is 11.9 Å². The van der Waals surface area contributed by atoms with Crippen LogP contribution in [-0.2, 0) is 0 Å². The maximum absolute atomic E-state index is 5.59. The molecule has 2 aliphatic heterocycles. The molecule has 5 aromatic carbocycles. The van der Waals surface area contributed by atoms with Crippen LogP contribution in [0.15, 0.2) is 197 Å². The van der Waals surface area contributed by atoms with Gasteiger partial charge in [-0.15, -0.1) is 11.8 Å². The van der Waals surface area contributed by atoms with Crippen LogP contribution in [-0.4, -0.2) is 15.7 Å². The van der Waals surface area contributed by atoms with Crippen LogP contribution in [0.1, 0.15) is 90.3 Å². The molecule has 3 heterocycles. The van der Waals surface area contributed by atoms with Gasteiger partial charge in [0.15, 0.2) is 0 Å². The molecule has 8 aliphatic rings. The molecule has 0 saturated carbocycles. The average Bonchev–Trinajstić information content (AvgIpc) is 4.02. The molecule has 1 N–H and O–H groups in total. The van der Waals surface area contributed by atoms with Crippen LogP contribution >= 0.6 is 11.8 Å². The fourth-order valence-electron chi connectivity index (χ4n) is 12.6. The summed E-state index contributed by atoms with van der Waals surface area (Å²) in [7, 11) is 0. The third-order valence-electron chi connectivity index (χ3n) is 15.7. The third-order valence-corrected chi connectivity index (χ3v) is 17.0. The fourth-order valence-corrected chi connectivity index (χ4v) is 14.0. The first kappa shape index (κ1) is 37.1. The zero-order valence-corrected chi connectivity index (χ0v) is 36.6. The Hall–Kier alpha value is -6.36. The number of hydrogen-bond acceptors (Lipinski definition) is 3. The van der Waals surface area contributed by atoms with Crippen LogP contribution in [0.5, 0.6) is 0 Å². The van der Waals surface area contributed by atoms with Crippen molar-refractivity contribution in [1.29, 1.82) is 0 Å². The molecule has 0 amide bonds. The summed E-state index contributed by atoms with van der Waals surface area (Å²) >= 11 is 2.00. The largest absolute Gasteiger partial charge is 0.344 e. The Kier molecular flexibility index (Phi) is 8.45. The highest BCUT2D eigenvalue weighted by Gasteiger charge is 2.36. The quantitative estimate of drug-likeness (QED) is 0.175. The van der Waals surface area contributed by atoms with Gasteiger partial charge in [-0.05, 0) is 112 Å². The van der Waals surface area contributed by atoms with Gasteiger partial charge >= 0.3 is 0 Å². The second kappa shape index (κ2) is 14.6. The topological polar surface area (TPSA) is 29.3 Å². The Bertz CT molecular complexity index is 3380. The number of nitrogens with one attached hydrogen (secondary N) is 1. The van der Waals surface area contributed by atoms with E-state index in [1.54, 1.807) is 5.57 Å². The Balaban J connectivity index is 0.768. The molecule has 0 bridgehead atoms. The number of aromatic nitrogens is 1. The summed E-state index contributed by atoms with van der Waals surface area (Å²) < 4.78 is 2.60. The van der Waals surface area contributed by atoms with E-state index in [0.29, 0.717) is 23.0 Å². The zero-order chi connectivity index (χ0) is 41.9. The monoisotopic (exact) mass is 843 g/mol. The molecule has 310 valence electrons. The van der Waals surface area contributed by atoms with E-state index in [2.05, 4.69) is 186 Å². The average molecular weight is 844 g/mol. The van der Waals surface area contributed by atoms with Crippen molar-refractivity contribution in [2.24, 2.45) is 16.8 Å². The summed E-state index contributed by atoms with van der Waals surface area (Å²) in [6.45, 7) is 0. The molecule has 7 unspecified atom stereocenters. The fraction of sp³-hybridized carbons (Fsp3) is 0.217. The minimum Gasteiger partial charge on any atom is -0.344 e. The molecule has 0 fully saturated rings. The van der Waals surface area contributed by atoms with Crippen molar-refractivity contribution >= 4 is 56.1 Å². The van der Waals surface area contributed by atoms with Crippen LogP contribution in [0.4, 0.5) is 0 Å². The highest BCUT2D eigenvalue weighted by atomic mass is 32.2. The minimum absolute atomic E-state index is 0.00403.